The van der Waals surface area contributed by atoms with E-state index in [1.807, 2.05) is 27.0 Å². The predicted octanol–water partition coefficient (Wildman–Crippen LogP) is 7.19. The highest BCUT2D eigenvalue weighted by Gasteiger charge is 2.13. The van der Waals surface area contributed by atoms with E-state index in [4.69, 9.17) is 0 Å². The van der Waals surface area contributed by atoms with Gasteiger partial charge in [-0.05, 0) is 56.6 Å². The van der Waals surface area contributed by atoms with Crippen LogP contribution in [-0.2, 0) is 6.54 Å². The Labute approximate surface area is 194 Å². The zero-order valence-electron chi connectivity index (χ0n) is 21.9. The summed E-state index contributed by atoms with van der Waals surface area (Å²) in [6, 6.07) is 2.56. The smallest absolute Gasteiger partial charge is 0.164 e. The van der Waals surface area contributed by atoms with Gasteiger partial charge in [0, 0.05) is 30.2 Å². The van der Waals surface area contributed by atoms with Crippen LogP contribution in [0, 0.1) is 11.7 Å². The molecule has 2 aromatic rings. The van der Waals surface area contributed by atoms with Crippen LogP contribution in [0.4, 0.5) is 4.39 Å². The molecule has 0 saturated heterocycles. The van der Waals surface area contributed by atoms with Crippen LogP contribution in [0.25, 0.3) is 0 Å². The van der Waals surface area contributed by atoms with Gasteiger partial charge in [0.25, 0.3) is 0 Å². The van der Waals surface area contributed by atoms with E-state index in [1.54, 1.807) is 4.68 Å². The van der Waals surface area contributed by atoms with E-state index in [9.17, 15) is 4.39 Å². The van der Waals surface area contributed by atoms with Gasteiger partial charge in [0.1, 0.15) is 0 Å². The highest BCUT2D eigenvalue weighted by atomic mass is 19.1. The zero-order valence-corrected chi connectivity index (χ0v) is 21.9. The molecule has 180 valence electrons. The van der Waals surface area contributed by atoms with Crippen molar-refractivity contribution in [1.82, 2.24) is 19.6 Å². The molecule has 5 nitrogen and oxygen atoms in total. The van der Waals surface area contributed by atoms with Gasteiger partial charge in [0.2, 0.25) is 0 Å². The summed E-state index contributed by atoms with van der Waals surface area (Å²) in [5.41, 5.74) is 4.80. The number of hydrogen-bond donors (Lipinski definition) is 0. The molecule has 0 unspecified atom stereocenters. The molecular formula is C26H44FN5. The number of aromatic nitrogens is 4. The third-order valence-electron chi connectivity index (χ3n) is 5.34. The third-order valence-corrected chi connectivity index (χ3v) is 5.34. The van der Waals surface area contributed by atoms with Gasteiger partial charge in [-0.3, -0.25) is 14.4 Å². The molecule has 0 spiro atoms. The molecule has 3 heterocycles. The Morgan fingerprint density at radius 3 is 1.97 bits per heavy atom. The third kappa shape index (κ3) is 7.72. The summed E-state index contributed by atoms with van der Waals surface area (Å²) in [5.74, 6) is 1.24. The Bertz CT molecular complexity index is 846. The molecule has 0 bridgehead atoms. The molecule has 3 rings (SSSR count). The van der Waals surface area contributed by atoms with E-state index in [-0.39, 0.29) is 11.7 Å². The normalized spacial score (nSPS) is 13.2. The number of allylic oxidation sites excluding steroid dienone is 1. The lowest BCUT2D eigenvalue weighted by atomic mass is 9.98. The first-order chi connectivity index (χ1) is 15.0. The second-order valence-corrected chi connectivity index (χ2v) is 9.25. The summed E-state index contributed by atoms with van der Waals surface area (Å²) in [5, 5.41) is 8.15. The van der Waals surface area contributed by atoms with Gasteiger partial charge < -0.3 is 0 Å². The Balaban J connectivity index is 0.000000240. The number of halogens is 1. The number of nitrogens with zero attached hydrogens (tertiary/aromatic N) is 5. The minimum atomic E-state index is -0.193. The predicted molar refractivity (Wildman–Crippen MR) is 134 cm³/mol. The van der Waals surface area contributed by atoms with Crippen LogP contribution in [-0.4, -0.2) is 31.8 Å². The van der Waals surface area contributed by atoms with E-state index in [0.29, 0.717) is 23.6 Å². The van der Waals surface area contributed by atoms with Crippen molar-refractivity contribution < 1.29 is 4.39 Å². The lowest BCUT2D eigenvalue weighted by Crippen LogP contribution is -2.08. The molecule has 0 aliphatic carbocycles. The fourth-order valence-corrected chi connectivity index (χ4v) is 3.76. The minimum absolute atomic E-state index is 0.193. The summed E-state index contributed by atoms with van der Waals surface area (Å²) in [7, 11) is 0. The second kappa shape index (κ2) is 13.3. The average Bonchev–Trinajstić information content (AvgIpc) is 3.47. The maximum atomic E-state index is 13.0. The van der Waals surface area contributed by atoms with Crippen LogP contribution in [0.1, 0.15) is 105 Å². The molecule has 2 aromatic heterocycles. The van der Waals surface area contributed by atoms with Crippen molar-refractivity contribution in [3.63, 3.8) is 0 Å². The van der Waals surface area contributed by atoms with Crippen molar-refractivity contribution >= 4 is 5.71 Å². The first-order valence-corrected chi connectivity index (χ1v) is 12.0. The molecule has 0 saturated carbocycles. The van der Waals surface area contributed by atoms with Gasteiger partial charge in [-0.15, -0.1) is 0 Å². The van der Waals surface area contributed by atoms with Gasteiger partial charge in [0.15, 0.2) is 5.82 Å². The number of hydrogen-bond acceptors (Lipinski definition) is 3. The Kier molecular flexibility index (Phi) is 11.6. The van der Waals surface area contributed by atoms with Crippen LogP contribution in [0.5, 0.6) is 0 Å². The maximum Gasteiger partial charge on any atom is 0.164 e. The largest absolute Gasteiger partial charge is 0.285 e. The fraction of sp³-hybridized carbons (Fsp3) is 0.654. The molecule has 1 aliphatic rings. The Hall–Kier alpha value is -2.24. The van der Waals surface area contributed by atoms with Crippen LogP contribution in [0.2, 0.25) is 0 Å². The lowest BCUT2D eigenvalue weighted by molar-refractivity contribution is 0.498. The van der Waals surface area contributed by atoms with Crippen LogP contribution in [0.15, 0.2) is 35.1 Å². The van der Waals surface area contributed by atoms with Crippen molar-refractivity contribution in [1.29, 1.82) is 0 Å². The molecule has 1 aliphatic heterocycles. The molecule has 0 aromatic carbocycles. The molecular weight excluding hydrogens is 401 g/mol. The average molecular weight is 446 g/mol. The van der Waals surface area contributed by atoms with E-state index in [2.05, 4.69) is 80.5 Å². The van der Waals surface area contributed by atoms with Crippen molar-refractivity contribution in [3.05, 3.63) is 47.3 Å². The second-order valence-electron chi connectivity index (χ2n) is 9.25. The fourth-order valence-electron chi connectivity index (χ4n) is 3.76. The lowest BCUT2D eigenvalue weighted by Gasteiger charge is -2.12. The van der Waals surface area contributed by atoms with Crippen molar-refractivity contribution in [2.45, 2.75) is 100 Å². The molecule has 0 N–H and O–H groups in total. The minimum Gasteiger partial charge on any atom is -0.285 e. The van der Waals surface area contributed by atoms with Gasteiger partial charge in [0.05, 0.1) is 18.4 Å². The monoisotopic (exact) mass is 445 g/mol. The molecule has 0 atom stereocenters. The van der Waals surface area contributed by atoms with E-state index in [1.165, 1.54) is 23.2 Å². The van der Waals surface area contributed by atoms with Gasteiger partial charge >= 0.3 is 0 Å². The summed E-state index contributed by atoms with van der Waals surface area (Å²) in [6.45, 7) is 22.8. The van der Waals surface area contributed by atoms with Crippen LogP contribution in [0.3, 0.4) is 0 Å². The number of rotatable bonds is 6. The van der Waals surface area contributed by atoms with Gasteiger partial charge in [-0.1, -0.05) is 54.5 Å². The topological polar surface area (TPSA) is 48.0 Å². The van der Waals surface area contributed by atoms with E-state index in [0.717, 1.165) is 19.5 Å². The molecule has 0 radical (unpaired) electrons. The van der Waals surface area contributed by atoms with Crippen LogP contribution < -0.4 is 0 Å². The van der Waals surface area contributed by atoms with Crippen molar-refractivity contribution in [3.8, 4) is 0 Å². The summed E-state index contributed by atoms with van der Waals surface area (Å²) >= 11 is 0. The first-order valence-electron chi connectivity index (χ1n) is 12.0. The quantitative estimate of drug-likeness (QED) is 0.472. The highest BCUT2D eigenvalue weighted by molar-refractivity contribution is 6.01. The van der Waals surface area contributed by atoms with Crippen LogP contribution >= 0.6 is 0 Å². The molecule has 32 heavy (non-hydrogen) atoms. The Morgan fingerprint density at radius 2 is 1.59 bits per heavy atom. The zero-order chi connectivity index (χ0) is 24.4. The van der Waals surface area contributed by atoms with Crippen molar-refractivity contribution in [2.24, 2.45) is 10.9 Å². The number of aryl methyl sites for hydroxylation is 1. The maximum absolute atomic E-state index is 13.0. The number of aliphatic imine (C=N–C) groups is 1. The first kappa shape index (κ1) is 27.8. The highest BCUT2D eigenvalue weighted by Crippen LogP contribution is 2.19. The summed E-state index contributed by atoms with van der Waals surface area (Å²) in [6.07, 6.45) is 6.47. The summed E-state index contributed by atoms with van der Waals surface area (Å²) in [4.78, 5) is 4.38. The van der Waals surface area contributed by atoms with E-state index < -0.39 is 0 Å². The van der Waals surface area contributed by atoms with Gasteiger partial charge in [-0.25, -0.2) is 4.39 Å². The standard InChI is InChI=1S/C9H16N2.C9H15N.C8H13FN2/c1-7(2)9-5-6-10-11(9)8(3)4;1-4-9-8(7(2)3)5-6-10-9;1-4-11-8(6(2)3)7(9)5-10-11/h5-8H,1-4H3;5,7H,4,6H2,1-3H3;5-6H,4H2,1-3H3. The van der Waals surface area contributed by atoms with Crippen molar-refractivity contribution in [2.75, 3.05) is 6.54 Å². The van der Waals surface area contributed by atoms with E-state index >= 15 is 0 Å². The summed E-state index contributed by atoms with van der Waals surface area (Å²) < 4.78 is 16.7. The molecule has 6 heteroatoms. The molecule has 0 amide bonds. The Morgan fingerprint density at radius 1 is 0.938 bits per heavy atom. The van der Waals surface area contributed by atoms with Gasteiger partial charge in [-0.2, -0.15) is 10.2 Å². The SMILES string of the molecule is CC(C)c1ccnn1C(C)C.CCC1=NCC=C1C(C)C.CCn1ncc(F)c1C(C)C. The molecule has 0 fully saturated rings.